The van der Waals surface area contributed by atoms with Gasteiger partial charge in [0, 0.05) is 43.8 Å². The first-order valence-electron chi connectivity index (χ1n) is 7.61. The summed E-state index contributed by atoms with van der Waals surface area (Å²) in [6.07, 6.45) is 4.29. The molecule has 1 spiro atoms. The Kier molecular flexibility index (Phi) is 3.21. The van der Waals surface area contributed by atoms with Gasteiger partial charge in [-0.3, -0.25) is 0 Å². The van der Waals surface area contributed by atoms with Crippen LogP contribution in [0.5, 0.6) is 11.5 Å². The first kappa shape index (κ1) is 14.8. The molecule has 3 heterocycles. The second-order valence-corrected chi connectivity index (χ2v) is 7.88. The molecule has 5 heteroatoms. The van der Waals surface area contributed by atoms with Gasteiger partial charge in [-0.2, -0.15) is 11.8 Å². The highest BCUT2D eigenvalue weighted by Crippen LogP contribution is 2.50. The Labute approximate surface area is 154 Å². The van der Waals surface area contributed by atoms with E-state index in [1.165, 1.54) is 0 Å². The van der Waals surface area contributed by atoms with Crippen molar-refractivity contribution < 1.29 is 9.47 Å². The lowest BCUT2D eigenvalue weighted by Gasteiger charge is -2.45. The van der Waals surface area contributed by atoms with E-state index in [1.54, 1.807) is 0 Å². The maximum Gasteiger partial charge on any atom is 0.299 e. The van der Waals surface area contributed by atoms with Gasteiger partial charge in [-0.1, -0.05) is 23.2 Å². The van der Waals surface area contributed by atoms with Gasteiger partial charge >= 0.3 is 0 Å². The lowest BCUT2D eigenvalue weighted by Crippen LogP contribution is -2.52. The number of thioether (sulfide) groups is 1. The van der Waals surface area contributed by atoms with E-state index in [1.807, 2.05) is 48.2 Å². The molecule has 1 saturated heterocycles. The van der Waals surface area contributed by atoms with E-state index in [9.17, 15) is 0 Å². The molecule has 0 bridgehead atoms. The fraction of sp³-hybridized carbons (Fsp3) is 0.158. The third-order valence-corrected chi connectivity index (χ3v) is 5.97. The third-order valence-electron chi connectivity index (χ3n) is 4.47. The van der Waals surface area contributed by atoms with Crippen molar-refractivity contribution in [2.24, 2.45) is 0 Å². The maximum absolute atomic E-state index is 6.41. The molecule has 5 rings (SSSR count). The lowest BCUT2D eigenvalue weighted by atomic mass is 9.90. The Balaban J connectivity index is 1.69. The Morgan fingerprint density at radius 3 is 1.79 bits per heavy atom. The van der Waals surface area contributed by atoms with Crippen molar-refractivity contribution in [3.8, 4) is 11.5 Å². The number of fused-ring (bicyclic) bond motifs is 2. The molecule has 3 aliphatic rings. The first-order valence-corrected chi connectivity index (χ1v) is 9.52. The van der Waals surface area contributed by atoms with Gasteiger partial charge in [0.25, 0.3) is 5.79 Å². The number of hydrogen-bond acceptors (Lipinski definition) is 3. The van der Waals surface area contributed by atoms with Crippen LogP contribution in [0.25, 0.3) is 12.2 Å². The summed E-state index contributed by atoms with van der Waals surface area (Å²) in [6.45, 7) is 0. The van der Waals surface area contributed by atoms with Gasteiger partial charge in [-0.05, 0) is 48.6 Å². The zero-order valence-corrected chi connectivity index (χ0v) is 14.8. The van der Waals surface area contributed by atoms with Crippen molar-refractivity contribution in [2.45, 2.75) is 5.79 Å². The van der Waals surface area contributed by atoms with Crippen LogP contribution in [0.15, 0.2) is 47.5 Å². The molecule has 0 unspecified atom stereocenters. The second-order valence-electron chi connectivity index (χ2n) is 6.02. The number of hydrogen-bond donors (Lipinski definition) is 0. The largest absolute Gasteiger partial charge is 0.444 e. The molecular weight excluding hydrogens is 363 g/mol. The van der Waals surface area contributed by atoms with Gasteiger partial charge in [0.05, 0.1) is 0 Å². The van der Waals surface area contributed by atoms with Crippen LogP contribution in [0.4, 0.5) is 0 Å². The molecule has 2 aromatic rings. The summed E-state index contributed by atoms with van der Waals surface area (Å²) in [5.41, 5.74) is 4.21. The molecule has 24 heavy (non-hydrogen) atoms. The van der Waals surface area contributed by atoms with Crippen LogP contribution in [0.2, 0.25) is 10.0 Å². The van der Waals surface area contributed by atoms with Gasteiger partial charge in [0.1, 0.15) is 11.5 Å². The predicted octanol–water partition coefficient (Wildman–Crippen LogP) is 5.69. The number of benzene rings is 2. The fourth-order valence-corrected chi connectivity index (χ4v) is 4.81. The van der Waals surface area contributed by atoms with Gasteiger partial charge in [0.15, 0.2) is 0 Å². The summed E-state index contributed by atoms with van der Waals surface area (Å²) in [4.78, 5) is 0. The molecular formula is C19H12Cl2O2S. The summed E-state index contributed by atoms with van der Waals surface area (Å²) in [5.74, 6) is 2.47. The van der Waals surface area contributed by atoms with Crippen LogP contribution in [-0.4, -0.2) is 17.3 Å². The molecule has 0 aromatic heterocycles. The topological polar surface area (TPSA) is 18.5 Å². The van der Waals surface area contributed by atoms with Crippen LogP contribution in [0, 0.1) is 0 Å². The lowest BCUT2D eigenvalue weighted by molar-refractivity contribution is -0.0515. The minimum Gasteiger partial charge on any atom is -0.444 e. The molecule has 0 atom stereocenters. The molecule has 1 fully saturated rings. The van der Waals surface area contributed by atoms with Crippen molar-refractivity contribution in [3.63, 3.8) is 0 Å². The highest BCUT2D eigenvalue weighted by molar-refractivity contribution is 7.99. The average Bonchev–Trinajstić information content (AvgIpc) is 2.57. The average molecular weight is 375 g/mol. The number of ether oxygens (including phenoxy) is 2. The highest BCUT2D eigenvalue weighted by atomic mass is 35.5. The molecule has 0 radical (unpaired) electrons. The second kappa shape index (κ2) is 5.22. The Morgan fingerprint density at radius 2 is 1.29 bits per heavy atom. The third kappa shape index (κ3) is 2.12. The van der Waals surface area contributed by atoms with E-state index in [-0.39, 0.29) is 0 Å². The zero-order valence-electron chi connectivity index (χ0n) is 12.5. The normalized spacial score (nSPS) is 19.4. The summed E-state index contributed by atoms with van der Waals surface area (Å²) < 4.78 is 12.8. The first-order chi connectivity index (χ1) is 11.6. The minimum absolute atomic E-state index is 0.703. The van der Waals surface area contributed by atoms with Crippen molar-refractivity contribution in [2.75, 3.05) is 11.5 Å². The van der Waals surface area contributed by atoms with E-state index in [0.29, 0.717) is 10.0 Å². The number of rotatable bonds is 0. The van der Waals surface area contributed by atoms with Crippen LogP contribution < -0.4 is 9.47 Å². The molecule has 2 nitrogen and oxygen atoms in total. The van der Waals surface area contributed by atoms with E-state index < -0.39 is 5.79 Å². The van der Waals surface area contributed by atoms with Gasteiger partial charge < -0.3 is 9.47 Å². The predicted molar refractivity (Wildman–Crippen MR) is 100 cm³/mol. The van der Waals surface area contributed by atoms with Gasteiger partial charge in [-0.25, -0.2) is 0 Å². The summed E-state index contributed by atoms with van der Waals surface area (Å²) in [6, 6.07) is 11.3. The van der Waals surface area contributed by atoms with E-state index in [2.05, 4.69) is 12.2 Å². The van der Waals surface area contributed by atoms with Crippen LogP contribution in [0.1, 0.15) is 11.1 Å². The van der Waals surface area contributed by atoms with Crippen molar-refractivity contribution in [1.82, 2.24) is 0 Å². The van der Waals surface area contributed by atoms with E-state index >= 15 is 0 Å². The van der Waals surface area contributed by atoms with Crippen molar-refractivity contribution in [1.29, 1.82) is 0 Å². The van der Waals surface area contributed by atoms with Gasteiger partial charge in [0.2, 0.25) is 0 Å². The molecule has 3 aliphatic heterocycles. The smallest absolute Gasteiger partial charge is 0.299 e. The monoisotopic (exact) mass is 374 g/mol. The molecule has 120 valence electrons. The van der Waals surface area contributed by atoms with Crippen molar-refractivity contribution in [3.05, 3.63) is 68.7 Å². The van der Waals surface area contributed by atoms with Crippen LogP contribution in [0.3, 0.4) is 0 Å². The Morgan fingerprint density at radius 1 is 0.792 bits per heavy atom. The van der Waals surface area contributed by atoms with E-state index in [0.717, 1.165) is 45.3 Å². The fourth-order valence-electron chi connectivity index (χ4n) is 3.36. The number of halogens is 2. The summed E-state index contributed by atoms with van der Waals surface area (Å²) in [5, 5.41) is 1.41. The molecule has 0 N–H and O–H groups in total. The maximum atomic E-state index is 6.41. The minimum atomic E-state index is -0.840. The van der Waals surface area contributed by atoms with Crippen LogP contribution in [-0.2, 0) is 0 Å². The van der Waals surface area contributed by atoms with Gasteiger partial charge in [-0.15, -0.1) is 0 Å². The Bertz CT molecular complexity index is 857. The molecule has 0 saturated carbocycles. The highest BCUT2D eigenvalue weighted by Gasteiger charge is 2.50. The summed E-state index contributed by atoms with van der Waals surface area (Å²) in [7, 11) is 0. The Hall–Kier alpha value is -1.55. The standard InChI is InChI=1S/C19H12Cl2O2S/c20-15-1-3-17-11(7-15)5-13-9-24-10-14-6-12-8-16(21)2-4-18(12)23-19(13,14)22-17/h1-8H,9-10H2. The molecule has 0 amide bonds. The SMILES string of the molecule is Clc1ccc2c(c1)C=C1CSCC3=Cc4cc(Cl)ccc4OC13O2. The van der Waals surface area contributed by atoms with Crippen LogP contribution >= 0.6 is 35.0 Å². The zero-order chi connectivity index (χ0) is 16.3. The summed E-state index contributed by atoms with van der Waals surface area (Å²) >= 11 is 14.1. The quantitative estimate of drug-likeness (QED) is 0.590. The molecule has 0 aliphatic carbocycles. The van der Waals surface area contributed by atoms with E-state index in [4.69, 9.17) is 32.7 Å². The van der Waals surface area contributed by atoms with Crippen molar-refractivity contribution >= 4 is 47.1 Å². The molecule has 2 aromatic carbocycles.